The van der Waals surface area contributed by atoms with Crippen molar-refractivity contribution in [3.05, 3.63) is 42.2 Å². The van der Waals surface area contributed by atoms with Crippen LogP contribution >= 0.6 is 0 Å². The molecule has 19 heavy (non-hydrogen) atoms. The molecule has 100 valence electrons. The molecule has 0 saturated carbocycles. The van der Waals surface area contributed by atoms with E-state index in [9.17, 15) is 4.79 Å². The van der Waals surface area contributed by atoms with Crippen LogP contribution in [0.25, 0.3) is 0 Å². The van der Waals surface area contributed by atoms with E-state index in [1.54, 1.807) is 18.3 Å². The molecule has 1 aromatic heterocycles. The second-order valence-electron chi connectivity index (χ2n) is 3.95. The van der Waals surface area contributed by atoms with Crippen molar-refractivity contribution in [3.8, 4) is 0 Å². The number of para-hydroxylation sites is 1. The molecular weight excluding hydrogens is 244 g/mol. The molecule has 0 aliphatic heterocycles. The summed E-state index contributed by atoms with van der Waals surface area (Å²) in [5.41, 5.74) is 7.42. The molecule has 0 radical (unpaired) electrons. The van der Waals surface area contributed by atoms with Gasteiger partial charge in [-0.15, -0.1) is 0 Å². The SMILES string of the molecule is COC(=O)c1cccc(NCCn2cccn2)c1N. The zero-order valence-electron chi connectivity index (χ0n) is 10.7. The van der Waals surface area contributed by atoms with Crippen molar-refractivity contribution < 1.29 is 9.53 Å². The van der Waals surface area contributed by atoms with E-state index in [-0.39, 0.29) is 0 Å². The van der Waals surface area contributed by atoms with Gasteiger partial charge in [0.25, 0.3) is 0 Å². The maximum Gasteiger partial charge on any atom is 0.340 e. The molecular formula is C13H16N4O2. The molecule has 0 spiro atoms. The van der Waals surface area contributed by atoms with Gasteiger partial charge in [-0.25, -0.2) is 4.79 Å². The third-order valence-corrected chi connectivity index (χ3v) is 2.73. The minimum atomic E-state index is -0.437. The highest BCUT2D eigenvalue weighted by molar-refractivity contribution is 5.98. The minimum absolute atomic E-state index is 0.367. The van der Waals surface area contributed by atoms with E-state index in [2.05, 4.69) is 15.2 Å². The van der Waals surface area contributed by atoms with E-state index in [0.717, 1.165) is 12.2 Å². The van der Waals surface area contributed by atoms with E-state index < -0.39 is 5.97 Å². The molecule has 6 nitrogen and oxygen atoms in total. The van der Waals surface area contributed by atoms with Crippen molar-refractivity contribution in [1.29, 1.82) is 0 Å². The van der Waals surface area contributed by atoms with Crippen LogP contribution in [0.1, 0.15) is 10.4 Å². The summed E-state index contributed by atoms with van der Waals surface area (Å²) in [6, 6.07) is 7.09. The van der Waals surface area contributed by atoms with Gasteiger partial charge in [-0.1, -0.05) is 6.07 Å². The van der Waals surface area contributed by atoms with Crippen molar-refractivity contribution in [2.24, 2.45) is 0 Å². The number of nitrogen functional groups attached to an aromatic ring is 1. The van der Waals surface area contributed by atoms with Gasteiger partial charge in [0.05, 0.1) is 30.6 Å². The van der Waals surface area contributed by atoms with Crippen LogP contribution in [-0.4, -0.2) is 29.4 Å². The van der Waals surface area contributed by atoms with Gasteiger partial charge in [0.15, 0.2) is 0 Å². The molecule has 0 saturated heterocycles. The van der Waals surface area contributed by atoms with Crippen molar-refractivity contribution >= 4 is 17.3 Å². The number of nitrogens with zero attached hydrogens (tertiary/aromatic N) is 2. The molecule has 6 heteroatoms. The molecule has 2 aromatic rings. The largest absolute Gasteiger partial charge is 0.465 e. The Balaban J connectivity index is 2.02. The van der Waals surface area contributed by atoms with E-state index >= 15 is 0 Å². The summed E-state index contributed by atoms with van der Waals surface area (Å²) >= 11 is 0. The first-order valence-corrected chi connectivity index (χ1v) is 5.90. The highest BCUT2D eigenvalue weighted by atomic mass is 16.5. The average molecular weight is 260 g/mol. The number of carbonyl (C=O) groups excluding carboxylic acids is 1. The molecule has 0 amide bonds. The molecule has 0 aliphatic carbocycles. The predicted octanol–water partition coefficient (Wildman–Crippen LogP) is 1.36. The van der Waals surface area contributed by atoms with Crippen molar-refractivity contribution in [2.75, 3.05) is 24.7 Å². The Morgan fingerprint density at radius 3 is 3.00 bits per heavy atom. The normalized spacial score (nSPS) is 10.2. The number of anilines is 2. The monoisotopic (exact) mass is 260 g/mol. The number of hydrogen-bond donors (Lipinski definition) is 2. The van der Waals surface area contributed by atoms with E-state index in [1.807, 2.05) is 23.0 Å². The van der Waals surface area contributed by atoms with Gasteiger partial charge in [-0.3, -0.25) is 4.68 Å². The number of methoxy groups -OCH3 is 1. The van der Waals surface area contributed by atoms with Gasteiger partial charge in [-0.05, 0) is 18.2 Å². The number of esters is 1. The smallest absolute Gasteiger partial charge is 0.340 e. The Morgan fingerprint density at radius 1 is 1.47 bits per heavy atom. The van der Waals surface area contributed by atoms with Crippen molar-refractivity contribution in [1.82, 2.24) is 9.78 Å². The number of benzene rings is 1. The van der Waals surface area contributed by atoms with Gasteiger partial charge in [0.1, 0.15) is 0 Å². The Morgan fingerprint density at radius 2 is 2.32 bits per heavy atom. The van der Waals surface area contributed by atoms with E-state index in [0.29, 0.717) is 17.8 Å². The molecule has 0 fully saturated rings. The Hall–Kier alpha value is -2.50. The lowest BCUT2D eigenvalue weighted by Crippen LogP contribution is -2.13. The number of nitrogens with two attached hydrogens (primary N) is 1. The Bertz CT molecular complexity index is 552. The minimum Gasteiger partial charge on any atom is -0.465 e. The summed E-state index contributed by atoms with van der Waals surface area (Å²) in [6.45, 7) is 1.38. The predicted molar refractivity (Wildman–Crippen MR) is 72.9 cm³/mol. The first-order chi connectivity index (χ1) is 9.22. The topological polar surface area (TPSA) is 82.2 Å². The summed E-state index contributed by atoms with van der Waals surface area (Å²) in [5.74, 6) is -0.437. The molecule has 2 rings (SSSR count). The lowest BCUT2D eigenvalue weighted by atomic mass is 10.1. The number of hydrogen-bond acceptors (Lipinski definition) is 5. The quantitative estimate of drug-likeness (QED) is 0.626. The van der Waals surface area contributed by atoms with Crippen molar-refractivity contribution in [2.45, 2.75) is 6.54 Å². The zero-order valence-corrected chi connectivity index (χ0v) is 10.7. The highest BCUT2D eigenvalue weighted by Crippen LogP contribution is 2.23. The van der Waals surface area contributed by atoms with Gasteiger partial charge < -0.3 is 15.8 Å². The summed E-state index contributed by atoms with van der Waals surface area (Å²) in [4.78, 5) is 11.5. The maximum absolute atomic E-state index is 11.5. The second-order valence-corrected chi connectivity index (χ2v) is 3.95. The van der Waals surface area contributed by atoms with Crippen LogP contribution in [0, 0.1) is 0 Å². The van der Waals surface area contributed by atoms with Crippen LogP contribution in [0.3, 0.4) is 0 Å². The van der Waals surface area contributed by atoms with Crippen LogP contribution in [0.2, 0.25) is 0 Å². The van der Waals surface area contributed by atoms with Crippen molar-refractivity contribution in [3.63, 3.8) is 0 Å². The number of nitrogens with one attached hydrogen (secondary N) is 1. The summed E-state index contributed by atoms with van der Waals surface area (Å²) in [5, 5.41) is 7.28. The first kappa shape index (κ1) is 12.9. The number of aromatic nitrogens is 2. The van der Waals surface area contributed by atoms with Crippen LogP contribution in [0.5, 0.6) is 0 Å². The van der Waals surface area contributed by atoms with Crippen LogP contribution in [-0.2, 0) is 11.3 Å². The molecule has 1 aromatic carbocycles. The molecule has 1 heterocycles. The van der Waals surface area contributed by atoms with E-state index in [1.165, 1.54) is 7.11 Å². The second kappa shape index (κ2) is 5.90. The van der Waals surface area contributed by atoms with Crippen LogP contribution < -0.4 is 11.1 Å². The average Bonchev–Trinajstić information content (AvgIpc) is 2.93. The summed E-state index contributed by atoms with van der Waals surface area (Å²) in [7, 11) is 1.33. The fourth-order valence-corrected chi connectivity index (χ4v) is 1.75. The molecule has 0 bridgehead atoms. The van der Waals surface area contributed by atoms with Gasteiger partial charge in [-0.2, -0.15) is 5.10 Å². The van der Waals surface area contributed by atoms with Crippen LogP contribution in [0.15, 0.2) is 36.7 Å². The Labute approximate surface area is 111 Å². The number of ether oxygens (including phenoxy) is 1. The summed E-state index contributed by atoms with van der Waals surface area (Å²) < 4.78 is 6.49. The first-order valence-electron chi connectivity index (χ1n) is 5.90. The molecule has 3 N–H and O–H groups in total. The van der Waals surface area contributed by atoms with E-state index in [4.69, 9.17) is 5.73 Å². The number of carbonyl (C=O) groups is 1. The molecule has 0 aliphatic rings. The van der Waals surface area contributed by atoms with Gasteiger partial charge in [0, 0.05) is 18.9 Å². The zero-order chi connectivity index (χ0) is 13.7. The van der Waals surface area contributed by atoms with Gasteiger partial charge >= 0.3 is 5.97 Å². The highest BCUT2D eigenvalue weighted by Gasteiger charge is 2.12. The molecule has 0 atom stereocenters. The maximum atomic E-state index is 11.5. The van der Waals surface area contributed by atoms with Gasteiger partial charge in [0.2, 0.25) is 0 Å². The van der Waals surface area contributed by atoms with Crippen LogP contribution in [0.4, 0.5) is 11.4 Å². The fourth-order valence-electron chi connectivity index (χ4n) is 1.75. The standard InChI is InChI=1S/C13H16N4O2/c1-19-13(18)10-4-2-5-11(12(10)14)15-7-9-17-8-3-6-16-17/h2-6,8,15H,7,9,14H2,1H3. The molecule has 0 unspecified atom stereocenters. The Kier molecular flexibility index (Phi) is 4.02. The third kappa shape index (κ3) is 3.04. The lowest BCUT2D eigenvalue weighted by molar-refractivity contribution is 0.0602. The third-order valence-electron chi connectivity index (χ3n) is 2.73. The summed E-state index contributed by atoms with van der Waals surface area (Å²) in [6.07, 6.45) is 3.61. The fraction of sp³-hybridized carbons (Fsp3) is 0.231. The lowest BCUT2D eigenvalue weighted by Gasteiger charge is -2.11. The number of rotatable bonds is 5.